The second-order valence-corrected chi connectivity index (χ2v) is 6.79. The van der Waals surface area contributed by atoms with E-state index in [1.807, 2.05) is 44.2 Å². The molecule has 2 aromatic rings. The summed E-state index contributed by atoms with van der Waals surface area (Å²) in [6.07, 6.45) is 3.76. The van der Waals surface area contributed by atoms with Crippen LogP contribution in [0.3, 0.4) is 0 Å². The molecule has 0 bridgehead atoms. The summed E-state index contributed by atoms with van der Waals surface area (Å²) < 4.78 is 11.0. The van der Waals surface area contributed by atoms with E-state index in [0.717, 1.165) is 48.2 Å². The Kier molecular flexibility index (Phi) is 9.08. The Labute approximate surface area is 174 Å². The third-order valence-corrected chi connectivity index (χ3v) is 4.41. The highest BCUT2D eigenvalue weighted by atomic mass is 16.5. The van der Waals surface area contributed by atoms with Crippen molar-refractivity contribution >= 4 is 11.8 Å². The Morgan fingerprint density at radius 3 is 2.62 bits per heavy atom. The van der Waals surface area contributed by atoms with Gasteiger partial charge < -0.3 is 25.0 Å². The Bertz CT molecular complexity index is 793. The summed E-state index contributed by atoms with van der Waals surface area (Å²) in [5, 5.41) is 6.71. The number of aryl methyl sites for hydroxylation is 1. The summed E-state index contributed by atoms with van der Waals surface area (Å²) in [4.78, 5) is 10.6. The normalized spacial score (nSPS) is 11.1. The number of anilines is 1. The van der Waals surface area contributed by atoms with E-state index in [1.165, 1.54) is 5.56 Å². The standard InChI is InChI=1S/C22H33N5O2/c1-6-29-20-14-17(9-10-19(20)28-5)8-7-12-25-22(23-2)26-16-18-11-13-24-21(15-18)27(3)4/h9-11,13-15H,6-8,12,16H2,1-5H3,(H2,23,25,26). The summed E-state index contributed by atoms with van der Waals surface area (Å²) >= 11 is 0. The van der Waals surface area contributed by atoms with Gasteiger partial charge in [-0.05, 0) is 55.2 Å². The summed E-state index contributed by atoms with van der Waals surface area (Å²) in [7, 11) is 7.42. The van der Waals surface area contributed by atoms with Gasteiger partial charge >= 0.3 is 0 Å². The molecule has 0 fully saturated rings. The minimum absolute atomic E-state index is 0.622. The van der Waals surface area contributed by atoms with Crippen LogP contribution < -0.4 is 25.0 Å². The molecule has 0 atom stereocenters. The van der Waals surface area contributed by atoms with Gasteiger partial charge in [-0.25, -0.2) is 4.98 Å². The number of hydrogen-bond donors (Lipinski definition) is 2. The third kappa shape index (κ3) is 7.18. The number of nitrogens with zero attached hydrogens (tertiary/aromatic N) is 3. The number of guanidine groups is 1. The number of methoxy groups -OCH3 is 1. The quantitative estimate of drug-likeness (QED) is 0.364. The molecule has 1 aromatic carbocycles. The third-order valence-electron chi connectivity index (χ3n) is 4.41. The fraction of sp³-hybridized carbons (Fsp3) is 0.455. The van der Waals surface area contributed by atoms with E-state index in [-0.39, 0.29) is 0 Å². The molecule has 158 valence electrons. The van der Waals surface area contributed by atoms with Crippen LogP contribution in [0.1, 0.15) is 24.5 Å². The molecule has 0 aliphatic carbocycles. The van der Waals surface area contributed by atoms with Crippen molar-refractivity contribution in [3.8, 4) is 11.5 Å². The SMILES string of the molecule is CCOc1cc(CCCNC(=NC)NCc2ccnc(N(C)C)c2)ccc1OC. The van der Waals surface area contributed by atoms with Gasteiger partial charge in [0.2, 0.25) is 0 Å². The molecular weight excluding hydrogens is 366 g/mol. The van der Waals surface area contributed by atoms with Crippen molar-refractivity contribution in [2.45, 2.75) is 26.3 Å². The molecule has 0 aliphatic rings. The molecule has 0 saturated heterocycles. The van der Waals surface area contributed by atoms with Crippen LogP contribution in [0.25, 0.3) is 0 Å². The summed E-state index contributed by atoms with van der Waals surface area (Å²) in [6.45, 7) is 4.12. The fourth-order valence-electron chi connectivity index (χ4n) is 2.87. The summed E-state index contributed by atoms with van der Waals surface area (Å²) in [5.74, 6) is 3.30. The van der Waals surface area contributed by atoms with E-state index in [4.69, 9.17) is 9.47 Å². The second kappa shape index (κ2) is 11.8. The van der Waals surface area contributed by atoms with E-state index in [0.29, 0.717) is 13.2 Å². The highest BCUT2D eigenvalue weighted by Crippen LogP contribution is 2.28. The highest BCUT2D eigenvalue weighted by Gasteiger charge is 2.06. The van der Waals surface area contributed by atoms with E-state index in [2.05, 4.69) is 38.8 Å². The van der Waals surface area contributed by atoms with Gasteiger partial charge in [-0.3, -0.25) is 4.99 Å². The van der Waals surface area contributed by atoms with Crippen molar-refractivity contribution < 1.29 is 9.47 Å². The number of benzene rings is 1. The average molecular weight is 400 g/mol. The lowest BCUT2D eigenvalue weighted by molar-refractivity contribution is 0.310. The Morgan fingerprint density at radius 1 is 1.10 bits per heavy atom. The maximum absolute atomic E-state index is 5.65. The Hall–Kier alpha value is -2.96. The van der Waals surface area contributed by atoms with E-state index in [9.17, 15) is 0 Å². The van der Waals surface area contributed by atoms with E-state index < -0.39 is 0 Å². The minimum Gasteiger partial charge on any atom is -0.493 e. The molecule has 2 rings (SSSR count). The molecule has 0 aliphatic heterocycles. The molecule has 0 saturated carbocycles. The molecule has 7 heteroatoms. The van der Waals surface area contributed by atoms with Gasteiger partial charge in [-0.1, -0.05) is 6.07 Å². The molecule has 29 heavy (non-hydrogen) atoms. The lowest BCUT2D eigenvalue weighted by Gasteiger charge is -2.15. The first-order chi connectivity index (χ1) is 14.1. The van der Waals surface area contributed by atoms with Crippen molar-refractivity contribution in [3.63, 3.8) is 0 Å². The average Bonchev–Trinajstić information content (AvgIpc) is 2.74. The van der Waals surface area contributed by atoms with Gasteiger partial charge in [0.1, 0.15) is 5.82 Å². The Balaban J connectivity index is 1.79. The highest BCUT2D eigenvalue weighted by molar-refractivity contribution is 5.79. The monoisotopic (exact) mass is 399 g/mol. The van der Waals surface area contributed by atoms with Crippen LogP contribution in [0.5, 0.6) is 11.5 Å². The molecule has 2 N–H and O–H groups in total. The van der Waals surface area contributed by atoms with Crippen LogP contribution in [-0.2, 0) is 13.0 Å². The fourth-order valence-corrected chi connectivity index (χ4v) is 2.87. The van der Waals surface area contributed by atoms with Gasteiger partial charge in [-0.15, -0.1) is 0 Å². The van der Waals surface area contributed by atoms with E-state index in [1.54, 1.807) is 14.2 Å². The van der Waals surface area contributed by atoms with Crippen LogP contribution in [-0.4, -0.2) is 52.3 Å². The first-order valence-electron chi connectivity index (χ1n) is 9.93. The number of aliphatic imine (C=N–C) groups is 1. The largest absolute Gasteiger partial charge is 0.493 e. The van der Waals surface area contributed by atoms with Crippen molar-refractivity contribution in [2.75, 3.05) is 46.3 Å². The molecule has 0 radical (unpaired) electrons. The number of hydrogen-bond acceptors (Lipinski definition) is 5. The first-order valence-corrected chi connectivity index (χ1v) is 9.93. The Morgan fingerprint density at radius 2 is 1.93 bits per heavy atom. The minimum atomic E-state index is 0.622. The smallest absolute Gasteiger partial charge is 0.191 e. The molecule has 0 amide bonds. The number of ether oxygens (including phenoxy) is 2. The lowest BCUT2D eigenvalue weighted by Crippen LogP contribution is -2.37. The van der Waals surface area contributed by atoms with Gasteiger partial charge in [0.05, 0.1) is 13.7 Å². The number of pyridine rings is 1. The molecular formula is C22H33N5O2. The zero-order valence-electron chi connectivity index (χ0n) is 18.2. The van der Waals surface area contributed by atoms with Crippen LogP contribution >= 0.6 is 0 Å². The van der Waals surface area contributed by atoms with Crippen molar-refractivity contribution in [1.29, 1.82) is 0 Å². The second-order valence-electron chi connectivity index (χ2n) is 6.79. The van der Waals surface area contributed by atoms with Crippen molar-refractivity contribution in [3.05, 3.63) is 47.7 Å². The van der Waals surface area contributed by atoms with Gasteiger partial charge in [0, 0.05) is 40.4 Å². The number of aromatic nitrogens is 1. The van der Waals surface area contributed by atoms with Crippen LogP contribution in [0.15, 0.2) is 41.5 Å². The summed E-state index contributed by atoms with van der Waals surface area (Å²) in [5.41, 5.74) is 2.39. The molecule has 0 unspecified atom stereocenters. The predicted octanol–water partition coefficient (Wildman–Crippen LogP) is 2.85. The maximum atomic E-state index is 5.65. The van der Waals surface area contributed by atoms with E-state index >= 15 is 0 Å². The van der Waals surface area contributed by atoms with Gasteiger partial charge in [-0.2, -0.15) is 0 Å². The summed E-state index contributed by atoms with van der Waals surface area (Å²) in [6, 6.07) is 10.2. The topological polar surface area (TPSA) is 71.0 Å². The van der Waals surface area contributed by atoms with Crippen LogP contribution in [0, 0.1) is 0 Å². The van der Waals surface area contributed by atoms with Gasteiger partial charge in [0.15, 0.2) is 17.5 Å². The van der Waals surface area contributed by atoms with Gasteiger partial charge in [0.25, 0.3) is 0 Å². The molecule has 0 spiro atoms. The first kappa shape index (κ1) is 22.3. The molecule has 7 nitrogen and oxygen atoms in total. The van der Waals surface area contributed by atoms with Crippen molar-refractivity contribution in [2.24, 2.45) is 4.99 Å². The van der Waals surface area contributed by atoms with Crippen LogP contribution in [0.2, 0.25) is 0 Å². The predicted molar refractivity (Wildman–Crippen MR) is 119 cm³/mol. The molecule has 1 aromatic heterocycles. The van der Waals surface area contributed by atoms with Crippen LogP contribution in [0.4, 0.5) is 5.82 Å². The number of nitrogens with one attached hydrogen (secondary N) is 2. The lowest BCUT2D eigenvalue weighted by atomic mass is 10.1. The number of rotatable bonds is 10. The molecule has 1 heterocycles. The maximum Gasteiger partial charge on any atom is 0.191 e. The zero-order chi connectivity index (χ0) is 21.1. The zero-order valence-corrected chi connectivity index (χ0v) is 18.2. The van der Waals surface area contributed by atoms with Crippen molar-refractivity contribution in [1.82, 2.24) is 15.6 Å².